The van der Waals surface area contributed by atoms with E-state index in [2.05, 4.69) is 5.32 Å². The number of halogens is 1. The van der Waals surface area contributed by atoms with Crippen LogP contribution < -0.4 is 10.1 Å². The van der Waals surface area contributed by atoms with E-state index >= 15 is 0 Å². The molecule has 120 valence electrons. The van der Waals surface area contributed by atoms with Crippen molar-refractivity contribution in [1.82, 2.24) is 0 Å². The first-order chi connectivity index (χ1) is 11.0. The van der Waals surface area contributed by atoms with E-state index in [1.165, 1.54) is 19.2 Å². The van der Waals surface area contributed by atoms with Crippen LogP contribution in [0.1, 0.15) is 12.0 Å². The van der Waals surface area contributed by atoms with E-state index < -0.39 is 4.92 Å². The lowest BCUT2D eigenvalue weighted by Crippen LogP contribution is -2.13. The van der Waals surface area contributed by atoms with Gasteiger partial charge in [-0.25, -0.2) is 0 Å². The molecule has 2 rings (SSSR count). The molecule has 0 aromatic heterocycles. The van der Waals surface area contributed by atoms with Gasteiger partial charge in [0.05, 0.1) is 18.1 Å². The van der Waals surface area contributed by atoms with Crippen molar-refractivity contribution >= 4 is 28.9 Å². The summed E-state index contributed by atoms with van der Waals surface area (Å²) in [5, 5.41) is 14.2. The molecule has 1 N–H and O–H groups in total. The van der Waals surface area contributed by atoms with Gasteiger partial charge in [0.25, 0.3) is 5.69 Å². The summed E-state index contributed by atoms with van der Waals surface area (Å²) >= 11 is 5.89. The number of hydrogen-bond donors (Lipinski definition) is 1. The Bertz CT molecular complexity index is 734. The molecule has 7 heteroatoms. The summed E-state index contributed by atoms with van der Waals surface area (Å²) in [7, 11) is 1.42. The van der Waals surface area contributed by atoms with Crippen molar-refractivity contribution in [2.45, 2.75) is 12.8 Å². The number of rotatable bonds is 6. The quantitative estimate of drug-likeness (QED) is 0.643. The van der Waals surface area contributed by atoms with Crippen LogP contribution in [0.25, 0.3) is 0 Å². The summed E-state index contributed by atoms with van der Waals surface area (Å²) in [5.74, 6) is 0.0480. The molecule has 0 unspecified atom stereocenters. The molecule has 0 aliphatic carbocycles. The second kappa shape index (κ2) is 7.60. The fraction of sp³-hybridized carbons (Fsp3) is 0.188. The molecule has 0 heterocycles. The molecule has 2 aromatic carbocycles. The number of nitrogens with one attached hydrogen (secondary N) is 1. The van der Waals surface area contributed by atoms with Gasteiger partial charge in [-0.1, -0.05) is 23.7 Å². The number of nitro groups is 1. The molecule has 0 radical (unpaired) electrons. The van der Waals surface area contributed by atoms with E-state index in [0.717, 1.165) is 5.56 Å². The van der Waals surface area contributed by atoms with E-state index in [-0.39, 0.29) is 23.7 Å². The third kappa shape index (κ3) is 4.69. The van der Waals surface area contributed by atoms with Crippen LogP contribution in [0.4, 0.5) is 11.4 Å². The number of ether oxygens (including phenoxy) is 1. The minimum atomic E-state index is -0.560. The Balaban J connectivity index is 2.04. The maximum Gasteiger partial charge on any atom is 0.296 e. The van der Waals surface area contributed by atoms with Gasteiger partial charge in [-0.05, 0) is 36.2 Å². The third-order valence-electron chi connectivity index (χ3n) is 3.21. The zero-order valence-electron chi connectivity index (χ0n) is 12.4. The molecular weight excluding hydrogens is 320 g/mol. The van der Waals surface area contributed by atoms with Crippen molar-refractivity contribution in [2.75, 3.05) is 12.4 Å². The average Bonchev–Trinajstić information content (AvgIpc) is 2.53. The molecule has 23 heavy (non-hydrogen) atoms. The van der Waals surface area contributed by atoms with Gasteiger partial charge in [-0.3, -0.25) is 14.9 Å². The van der Waals surface area contributed by atoms with E-state index in [1.54, 1.807) is 18.2 Å². The molecule has 6 nitrogen and oxygen atoms in total. The molecule has 0 aliphatic rings. The monoisotopic (exact) mass is 334 g/mol. The third-order valence-corrected chi connectivity index (χ3v) is 3.44. The SMILES string of the molecule is COc1ccc(NC(=O)CCc2cccc(Cl)c2)c([N+](=O)[O-])c1. The van der Waals surface area contributed by atoms with E-state index in [4.69, 9.17) is 16.3 Å². The van der Waals surface area contributed by atoms with Gasteiger partial charge in [0.2, 0.25) is 5.91 Å². The largest absolute Gasteiger partial charge is 0.496 e. The van der Waals surface area contributed by atoms with Gasteiger partial charge in [-0.15, -0.1) is 0 Å². The lowest BCUT2D eigenvalue weighted by molar-refractivity contribution is -0.384. The lowest BCUT2D eigenvalue weighted by atomic mass is 10.1. The second-order valence-electron chi connectivity index (χ2n) is 4.82. The van der Waals surface area contributed by atoms with Crippen LogP contribution in [0.15, 0.2) is 42.5 Å². The van der Waals surface area contributed by atoms with Crippen LogP contribution in [0.3, 0.4) is 0 Å². The Morgan fingerprint density at radius 1 is 1.30 bits per heavy atom. The van der Waals surface area contributed by atoms with Gasteiger partial charge in [0, 0.05) is 11.4 Å². The number of methoxy groups -OCH3 is 1. The number of aryl methyl sites for hydroxylation is 1. The summed E-state index contributed by atoms with van der Waals surface area (Å²) < 4.78 is 4.95. The topological polar surface area (TPSA) is 81.5 Å². The molecule has 0 saturated heterocycles. The van der Waals surface area contributed by atoms with Gasteiger partial charge in [0.15, 0.2) is 0 Å². The molecule has 2 aromatic rings. The van der Waals surface area contributed by atoms with Crippen molar-refractivity contribution in [3.05, 3.63) is 63.2 Å². The Labute approximate surface area is 138 Å². The zero-order chi connectivity index (χ0) is 16.8. The first-order valence-electron chi connectivity index (χ1n) is 6.86. The van der Waals surface area contributed by atoms with Gasteiger partial charge in [-0.2, -0.15) is 0 Å². The standard InChI is InChI=1S/C16H15ClN2O4/c1-23-13-6-7-14(15(10-13)19(21)22)18-16(20)8-5-11-3-2-4-12(17)9-11/h2-4,6-7,9-10H,5,8H2,1H3,(H,18,20). The number of nitrogens with zero attached hydrogens (tertiary/aromatic N) is 1. The van der Waals surface area contributed by atoms with Crippen molar-refractivity contribution in [3.63, 3.8) is 0 Å². The van der Waals surface area contributed by atoms with E-state index in [9.17, 15) is 14.9 Å². The van der Waals surface area contributed by atoms with Gasteiger partial charge in [0.1, 0.15) is 11.4 Å². The molecule has 0 spiro atoms. The minimum absolute atomic E-state index is 0.145. The Morgan fingerprint density at radius 3 is 2.74 bits per heavy atom. The summed E-state index contributed by atoms with van der Waals surface area (Å²) in [6, 6.07) is 11.5. The molecule has 0 atom stereocenters. The second-order valence-corrected chi connectivity index (χ2v) is 5.25. The molecule has 0 bridgehead atoms. The van der Waals surface area contributed by atoms with Gasteiger partial charge < -0.3 is 10.1 Å². The van der Waals surface area contributed by atoms with Crippen LogP contribution in [-0.4, -0.2) is 17.9 Å². The predicted molar refractivity (Wildman–Crippen MR) is 88.1 cm³/mol. The highest BCUT2D eigenvalue weighted by atomic mass is 35.5. The number of nitro benzene ring substituents is 1. The van der Waals surface area contributed by atoms with E-state index in [1.807, 2.05) is 12.1 Å². The molecular formula is C16H15ClN2O4. The fourth-order valence-corrected chi connectivity index (χ4v) is 2.27. The molecule has 0 saturated carbocycles. The van der Waals surface area contributed by atoms with Crippen LogP contribution in [0.5, 0.6) is 5.75 Å². The van der Waals surface area contributed by atoms with Crippen LogP contribution >= 0.6 is 11.6 Å². The van der Waals surface area contributed by atoms with Crippen molar-refractivity contribution in [1.29, 1.82) is 0 Å². The first-order valence-corrected chi connectivity index (χ1v) is 7.24. The maximum atomic E-state index is 12.0. The van der Waals surface area contributed by atoms with E-state index in [0.29, 0.717) is 17.2 Å². The summed E-state index contributed by atoms with van der Waals surface area (Å²) in [6.07, 6.45) is 0.694. The number of carbonyl (C=O) groups is 1. The highest BCUT2D eigenvalue weighted by molar-refractivity contribution is 6.30. The highest BCUT2D eigenvalue weighted by Gasteiger charge is 2.17. The molecule has 0 fully saturated rings. The fourth-order valence-electron chi connectivity index (χ4n) is 2.06. The zero-order valence-corrected chi connectivity index (χ0v) is 13.2. The lowest BCUT2D eigenvalue weighted by Gasteiger charge is -2.08. The van der Waals surface area contributed by atoms with Gasteiger partial charge >= 0.3 is 0 Å². The number of carbonyl (C=O) groups excluding carboxylic acids is 1. The maximum absolute atomic E-state index is 12.0. The van der Waals surface area contributed by atoms with Crippen LogP contribution in [-0.2, 0) is 11.2 Å². The number of benzene rings is 2. The Kier molecular flexibility index (Phi) is 5.54. The van der Waals surface area contributed by atoms with Crippen molar-refractivity contribution < 1.29 is 14.5 Å². The minimum Gasteiger partial charge on any atom is -0.496 e. The number of hydrogen-bond acceptors (Lipinski definition) is 4. The van der Waals surface area contributed by atoms with Crippen molar-refractivity contribution in [3.8, 4) is 5.75 Å². The normalized spacial score (nSPS) is 10.2. The Hall–Kier alpha value is -2.60. The molecule has 1 amide bonds. The number of anilines is 1. The predicted octanol–water partition coefficient (Wildman–Crippen LogP) is 3.83. The summed E-state index contributed by atoms with van der Waals surface area (Å²) in [6.45, 7) is 0. The number of amides is 1. The summed E-state index contributed by atoms with van der Waals surface area (Å²) in [5.41, 5.74) is 0.865. The van der Waals surface area contributed by atoms with Crippen LogP contribution in [0.2, 0.25) is 5.02 Å². The first kappa shape index (κ1) is 16.8. The smallest absolute Gasteiger partial charge is 0.296 e. The Morgan fingerprint density at radius 2 is 2.09 bits per heavy atom. The summed E-state index contributed by atoms with van der Waals surface area (Å²) in [4.78, 5) is 22.5. The average molecular weight is 335 g/mol. The highest BCUT2D eigenvalue weighted by Crippen LogP contribution is 2.29. The van der Waals surface area contributed by atoms with Crippen LogP contribution in [0, 0.1) is 10.1 Å². The van der Waals surface area contributed by atoms with Crippen molar-refractivity contribution in [2.24, 2.45) is 0 Å². The molecule has 0 aliphatic heterocycles.